The minimum Gasteiger partial charge on any atom is -0.309 e. The van der Waals surface area contributed by atoms with Gasteiger partial charge in [-0.15, -0.1) is 0 Å². The van der Waals surface area contributed by atoms with E-state index in [4.69, 9.17) is 5.41 Å². The van der Waals surface area contributed by atoms with E-state index in [0.29, 0.717) is 0 Å². The standard InChI is InChI=1S/C45H29N5/c46-27-40-45(34-19-9-10-22-35(34)48(40)28-13-3-1-4-14-28)47-50-38-24-12-21-33-31-18-8-7-17-30(31)32-20-11-23-36-41(32)43-37(25-26-39(50)44(43)42(33)38)49(36)29-15-5-2-6-16-29/h1-27,46-47H. The summed E-state index contributed by atoms with van der Waals surface area (Å²) in [7, 11) is 0. The fraction of sp³-hybridized carbons (Fsp3) is 0. The lowest BCUT2D eigenvalue weighted by Gasteiger charge is -2.13. The number of nitrogens with zero attached hydrogens (tertiary/aromatic N) is 3. The molecular weight excluding hydrogens is 611 g/mol. The van der Waals surface area contributed by atoms with E-state index in [1.807, 2.05) is 18.2 Å². The van der Waals surface area contributed by atoms with Crippen LogP contribution in [0.2, 0.25) is 0 Å². The fourth-order valence-corrected chi connectivity index (χ4v) is 8.56. The summed E-state index contributed by atoms with van der Waals surface area (Å²) in [5.74, 6) is 0. The van der Waals surface area contributed by atoms with E-state index < -0.39 is 0 Å². The monoisotopic (exact) mass is 639 g/mol. The highest BCUT2D eigenvalue weighted by Gasteiger charge is 2.25. The Morgan fingerprint density at radius 1 is 0.380 bits per heavy atom. The Kier molecular flexibility index (Phi) is 5.47. The lowest BCUT2D eigenvalue weighted by Crippen LogP contribution is -2.10. The van der Waals surface area contributed by atoms with Gasteiger partial charge in [0.1, 0.15) is 0 Å². The van der Waals surface area contributed by atoms with Crippen LogP contribution in [0, 0.1) is 5.41 Å². The molecule has 5 nitrogen and oxygen atoms in total. The summed E-state index contributed by atoms with van der Waals surface area (Å²) in [5, 5.41) is 19.6. The molecule has 0 bridgehead atoms. The molecule has 0 aliphatic rings. The van der Waals surface area contributed by atoms with Gasteiger partial charge in [-0.05, 0) is 76.1 Å². The molecule has 3 heterocycles. The van der Waals surface area contributed by atoms with E-state index in [9.17, 15) is 0 Å². The molecule has 0 spiro atoms. The van der Waals surface area contributed by atoms with Gasteiger partial charge in [-0.1, -0.05) is 103 Å². The van der Waals surface area contributed by atoms with Gasteiger partial charge in [-0.25, -0.2) is 0 Å². The molecule has 3 aromatic heterocycles. The normalized spacial score (nSPS) is 12.1. The van der Waals surface area contributed by atoms with Crippen molar-refractivity contribution in [3.63, 3.8) is 0 Å². The molecule has 0 fully saturated rings. The van der Waals surface area contributed by atoms with E-state index in [2.05, 4.69) is 159 Å². The van der Waals surface area contributed by atoms with Crippen molar-refractivity contribution in [1.82, 2.24) is 13.8 Å². The second-order valence-electron chi connectivity index (χ2n) is 13.0. The summed E-state index contributed by atoms with van der Waals surface area (Å²) in [6.45, 7) is 0. The minimum absolute atomic E-state index is 0.794. The molecule has 0 radical (unpaired) electrons. The van der Waals surface area contributed by atoms with Gasteiger partial charge in [0.25, 0.3) is 0 Å². The van der Waals surface area contributed by atoms with Gasteiger partial charge in [0.2, 0.25) is 0 Å². The molecule has 8 aromatic carbocycles. The van der Waals surface area contributed by atoms with Crippen molar-refractivity contribution in [1.29, 1.82) is 5.41 Å². The number of hydrogen-bond acceptors (Lipinski definition) is 2. The second kappa shape index (κ2) is 10.1. The van der Waals surface area contributed by atoms with Crippen LogP contribution in [0.25, 0.3) is 87.4 Å². The molecule has 234 valence electrons. The molecule has 0 aliphatic heterocycles. The van der Waals surface area contributed by atoms with E-state index in [-0.39, 0.29) is 0 Å². The number of anilines is 1. The summed E-state index contributed by atoms with van der Waals surface area (Å²) in [4.78, 5) is 0. The zero-order valence-corrected chi connectivity index (χ0v) is 26.9. The van der Waals surface area contributed by atoms with E-state index in [1.54, 1.807) is 0 Å². The van der Waals surface area contributed by atoms with Crippen LogP contribution in [0.15, 0.2) is 158 Å². The average molecular weight is 640 g/mol. The largest absolute Gasteiger partial charge is 0.309 e. The number of rotatable bonds is 5. The maximum atomic E-state index is 8.70. The Labute approximate surface area is 286 Å². The Bertz CT molecular complexity index is 3130. The van der Waals surface area contributed by atoms with Crippen LogP contribution in [0.1, 0.15) is 5.69 Å². The third-order valence-electron chi connectivity index (χ3n) is 10.5. The van der Waals surface area contributed by atoms with Gasteiger partial charge in [0.15, 0.2) is 0 Å². The quantitative estimate of drug-likeness (QED) is 0.181. The van der Waals surface area contributed by atoms with Gasteiger partial charge in [0, 0.05) is 44.5 Å². The fourth-order valence-electron chi connectivity index (χ4n) is 8.56. The van der Waals surface area contributed by atoms with Gasteiger partial charge < -0.3 is 14.5 Å². The van der Waals surface area contributed by atoms with Crippen molar-refractivity contribution >= 4 is 88.0 Å². The highest BCUT2D eigenvalue weighted by molar-refractivity contribution is 6.39. The predicted molar refractivity (Wildman–Crippen MR) is 210 cm³/mol. The lowest BCUT2D eigenvalue weighted by atomic mass is 9.95. The Hall–Kier alpha value is -6.85. The van der Waals surface area contributed by atoms with Gasteiger partial charge in [0.05, 0.1) is 39.0 Å². The minimum atomic E-state index is 0.794. The summed E-state index contributed by atoms with van der Waals surface area (Å²) < 4.78 is 6.84. The topological polar surface area (TPSA) is 50.7 Å². The Morgan fingerprint density at radius 2 is 0.840 bits per heavy atom. The van der Waals surface area contributed by atoms with Gasteiger partial charge >= 0.3 is 0 Å². The van der Waals surface area contributed by atoms with E-state index in [1.165, 1.54) is 60.3 Å². The highest BCUT2D eigenvalue weighted by Crippen LogP contribution is 2.47. The van der Waals surface area contributed by atoms with Crippen LogP contribution in [0.5, 0.6) is 0 Å². The first-order valence-electron chi connectivity index (χ1n) is 17.0. The summed E-state index contributed by atoms with van der Waals surface area (Å²) in [6.07, 6.45) is 1.47. The maximum absolute atomic E-state index is 8.70. The van der Waals surface area contributed by atoms with Gasteiger partial charge in [-0.2, -0.15) is 0 Å². The summed E-state index contributed by atoms with van der Waals surface area (Å²) in [5.41, 5.74) is 13.4. The molecule has 2 N–H and O–H groups in total. The SMILES string of the molecule is N=Cc1c(Nn2c3cccc4c5ccccc5c5cccc6c5c5c(c43)c2ccc5n6-c2ccccc2)c2ccccc2n1-c1ccccc1. The number of fused-ring (bicyclic) bond motifs is 4. The van der Waals surface area contributed by atoms with Crippen LogP contribution >= 0.6 is 0 Å². The zero-order valence-electron chi connectivity index (χ0n) is 26.9. The van der Waals surface area contributed by atoms with Crippen molar-refractivity contribution in [2.45, 2.75) is 0 Å². The van der Waals surface area contributed by atoms with E-state index in [0.717, 1.165) is 44.7 Å². The van der Waals surface area contributed by atoms with Crippen LogP contribution in [-0.2, 0) is 0 Å². The molecule has 0 atom stereocenters. The summed E-state index contributed by atoms with van der Waals surface area (Å²) in [6, 6.07) is 56.2. The number of benzene rings is 7. The molecule has 0 aliphatic carbocycles. The Morgan fingerprint density at radius 3 is 1.52 bits per heavy atom. The predicted octanol–water partition coefficient (Wildman–Crippen LogP) is 11.5. The average Bonchev–Trinajstić information content (AvgIpc) is 3.80. The maximum Gasteiger partial charge on any atom is 0.0896 e. The number of hydrogen-bond donors (Lipinski definition) is 2. The number of aromatic nitrogens is 3. The summed E-state index contributed by atoms with van der Waals surface area (Å²) >= 11 is 0. The zero-order chi connectivity index (χ0) is 32.9. The highest BCUT2D eigenvalue weighted by atomic mass is 15.4. The molecule has 0 saturated carbocycles. The third kappa shape index (κ3) is 3.48. The lowest BCUT2D eigenvalue weighted by molar-refractivity contribution is 1.04. The Balaban J connectivity index is 1.33. The van der Waals surface area contributed by atoms with Crippen LogP contribution in [0.4, 0.5) is 5.69 Å². The van der Waals surface area contributed by atoms with Gasteiger partial charge in [-0.3, -0.25) is 10.1 Å². The number of para-hydroxylation sites is 3. The van der Waals surface area contributed by atoms with Crippen molar-refractivity contribution in [3.05, 3.63) is 163 Å². The molecular formula is C45H29N5. The van der Waals surface area contributed by atoms with Crippen LogP contribution < -0.4 is 5.43 Å². The first kappa shape index (κ1) is 27.1. The molecule has 5 heteroatoms. The first-order valence-corrected chi connectivity index (χ1v) is 17.0. The second-order valence-corrected chi connectivity index (χ2v) is 13.0. The first-order chi connectivity index (χ1) is 24.8. The number of nitrogens with one attached hydrogen (secondary N) is 2. The van der Waals surface area contributed by atoms with Crippen molar-refractivity contribution in [2.24, 2.45) is 0 Å². The molecule has 11 rings (SSSR count). The van der Waals surface area contributed by atoms with Crippen LogP contribution in [0.3, 0.4) is 0 Å². The van der Waals surface area contributed by atoms with Crippen LogP contribution in [-0.4, -0.2) is 20.0 Å². The molecule has 50 heavy (non-hydrogen) atoms. The van der Waals surface area contributed by atoms with Crippen molar-refractivity contribution < 1.29 is 0 Å². The molecule has 11 aromatic rings. The van der Waals surface area contributed by atoms with Crippen molar-refractivity contribution in [3.8, 4) is 11.4 Å². The molecule has 0 unspecified atom stereocenters. The van der Waals surface area contributed by atoms with E-state index >= 15 is 0 Å². The molecule has 0 amide bonds. The smallest absolute Gasteiger partial charge is 0.0896 e. The molecule has 0 saturated heterocycles. The third-order valence-corrected chi connectivity index (χ3v) is 10.5. The van der Waals surface area contributed by atoms with Crippen molar-refractivity contribution in [2.75, 3.05) is 5.43 Å².